The highest BCUT2D eigenvalue weighted by Crippen LogP contribution is 2.27. The van der Waals surface area contributed by atoms with Crippen LogP contribution in [-0.4, -0.2) is 50.9 Å². The maximum atomic E-state index is 12.7. The van der Waals surface area contributed by atoms with Crippen LogP contribution in [0.2, 0.25) is 0 Å². The Morgan fingerprint density at radius 2 is 2.07 bits per heavy atom. The lowest BCUT2D eigenvalue weighted by Crippen LogP contribution is -2.30. The Morgan fingerprint density at radius 1 is 1.33 bits per heavy atom. The Labute approximate surface area is 163 Å². The Balaban J connectivity index is 1.71. The molecular formula is C20H22N4O2S. The smallest absolute Gasteiger partial charge is 0.276 e. The van der Waals surface area contributed by atoms with Gasteiger partial charge in [-0.05, 0) is 44.1 Å². The topological polar surface area (TPSA) is 57.6 Å². The molecule has 0 unspecified atom stereocenters. The van der Waals surface area contributed by atoms with E-state index in [-0.39, 0.29) is 18.4 Å². The minimum Gasteiger partial charge on any atom is -0.352 e. The molecule has 6 nitrogen and oxygen atoms in total. The van der Waals surface area contributed by atoms with Crippen LogP contribution in [0.15, 0.2) is 36.2 Å². The molecule has 1 aromatic heterocycles. The van der Waals surface area contributed by atoms with E-state index in [1.165, 1.54) is 0 Å². The molecule has 2 fully saturated rings. The average Bonchev–Trinajstić information content (AvgIpc) is 3.36. The summed E-state index contributed by atoms with van der Waals surface area (Å²) in [5.41, 5.74) is 2.42. The number of fused-ring (bicyclic) bond motifs is 1. The van der Waals surface area contributed by atoms with E-state index >= 15 is 0 Å². The molecule has 2 heterocycles. The van der Waals surface area contributed by atoms with Crippen LogP contribution in [0.1, 0.15) is 25.3 Å². The van der Waals surface area contributed by atoms with Gasteiger partial charge in [0.25, 0.3) is 5.91 Å². The van der Waals surface area contributed by atoms with Crippen molar-refractivity contribution < 1.29 is 9.59 Å². The molecule has 0 bridgehead atoms. The minimum absolute atomic E-state index is 0.0184. The summed E-state index contributed by atoms with van der Waals surface area (Å²) in [6.45, 7) is 2.72. The van der Waals surface area contributed by atoms with Crippen LogP contribution in [-0.2, 0) is 16.1 Å². The number of carbonyl (C=O) groups is 2. The van der Waals surface area contributed by atoms with Gasteiger partial charge in [0, 0.05) is 42.3 Å². The summed E-state index contributed by atoms with van der Waals surface area (Å²) in [6.07, 6.45) is 5.93. The van der Waals surface area contributed by atoms with Crippen molar-refractivity contribution in [2.45, 2.75) is 32.4 Å². The Kier molecular flexibility index (Phi) is 4.47. The van der Waals surface area contributed by atoms with Gasteiger partial charge in [-0.15, -0.1) is 0 Å². The first-order valence-electron chi connectivity index (χ1n) is 9.18. The maximum absolute atomic E-state index is 12.7. The second-order valence-corrected chi connectivity index (χ2v) is 7.36. The van der Waals surface area contributed by atoms with Crippen LogP contribution in [0, 0.1) is 0 Å². The summed E-state index contributed by atoms with van der Waals surface area (Å²) >= 11 is 5.37. The molecule has 1 aliphatic carbocycles. The summed E-state index contributed by atoms with van der Waals surface area (Å²) in [6, 6.07) is 8.25. The highest BCUT2D eigenvalue weighted by Gasteiger charge is 2.34. The number of aromatic nitrogens is 1. The van der Waals surface area contributed by atoms with E-state index in [1.807, 2.05) is 55.1 Å². The molecule has 0 radical (unpaired) electrons. The van der Waals surface area contributed by atoms with Crippen molar-refractivity contribution in [3.63, 3.8) is 0 Å². The van der Waals surface area contributed by atoms with Gasteiger partial charge in [0.2, 0.25) is 5.91 Å². The third-order valence-electron chi connectivity index (χ3n) is 5.03. The summed E-state index contributed by atoms with van der Waals surface area (Å²) in [5, 5.41) is 4.54. The lowest BCUT2D eigenvalue weighted by molar-refractivity contribution is -0.123. The van der Waals surface area contributed by atoms with E-state index in [4.69, 9.17) is 12.2 Å². The molecule has 1 saturated carbocycles. The SMILES string of the molecule is CCN1C(=O)/C(=C/c2cn(CC(=O)NC3CC3)c3ccccc23)N(C)C1=S. The van der Waals surface area contributed by atoms with Crippen LogP contribution in [0.3, 0.4) is 0 Å². The number of benzene rings is 1. The summed E-state index contributed by atoms with van der Waals surface area (Å²) in [7, 11) is 1.81. The molecule has 2 aliphatic rings. The Morgan fingerprint density at radius 3 is 2.74 bits per heavy atom. The third kappa shape index (κ3) is 3.23. The largest absolute Gasteiger partial charge is 0.352 e. The number of nitrogens with one attached hydrogen (secondary N) is 1. The van der Waals surface area contributed by atoms with Crippen LogP contribution in [0.25, 0.3) is 17.0 Å². The van der Waals surface area contributed by atoms with Gasteiger partial charge in [-0.25, -0.2) is 0 Å². The number of thiocarbonyl (C=S) groups is 1. The molecule has 1 aromatic carbocycles. The van der Waals surface area contributed by atoms with E-state index in [1.54, 1.807) is 9.80 Å². The number of hydrogen-bond acceptors (Lipinski definition) is 3. The van der Waals surface area contributed by atoms with E-state index in [2.05, 4.69) is 5.32 Å². The average molecular weight is 382 g/mol. The Hall–Kier alpha value is -2.67. The monoisotopic (exact) mass is 382 g/mol. The molecule has 4 rings (SSSR count). The number of carbonyl (C=O) groups excluding carboxylic acids is 2. The molecule has 1 N–H and O–H groups in total. The number of hydrogen-bond donors (Lipinski definition) is 1. The van der Waals surface area contributed by atoms with Crippen LogP contribution in [0.4, 0.5) is 0 Å². The summed E-state index contributed by atoms with van der Waals surface area (Å²) < 4.78 is 1.94. The van der Waals surface area contributed by atoms with Crippen LogP contribution >= 0.6 is 12.2 Å². The van der Waals surface area contributed by atoms with Crippen molar-refractivity contribution in [1.29, 1.82) is 0 Å². The van der Waals surface area contributed by atoms with E-state index in [0.717, 1.165) is 29.3 Å². The molecule has 7 heteroatoms. The van der Waals surface area contributed by atoms with Gasteiger partial charge in [-0.2, -0.15) is 0 Å². The zero-order valence-electron chi connectivity index (χ0n) is 15.4. The van der Waals surface area contributed by atoms with Gasteiger partial charge in [-0.1, -0.05) is 18.2 Å². The van der Waals surface area contributed by atoms with Gasteiger partial charge < -0.3 is 14.8 Å². The van der Waals surface area contributed by atoms with Crippen LogP contribution in [0.5, 0.6) is 0 Å². The first-order valence-corrected chi connectivity index (χ1v) is 9.59. The molecule has 2 aromatic rings. The summed E-state index contributed by atoms with van der Waals surface area (Å²) in [5.74, 6) is -0.0711. The van der Waals surface area contributed by atoms with Gasteiger partial charge in [0.15, 0.2) is 5.11 Å². The number of para-hydroxylation sites is 1. The molecule has 1 saturated heterocycles. The third-order valence-corrected chi connectivity index (χ3v) is 5.52. The van der Waals surface area contributed by atoms with Crippen molar-refractivity contribution in [3.8, 4) is 0 Å². The van der Waals surface area contributed by atoms with Gasteiger partial charge in [-0.3, -0.25) is 14.5 Å². The molecule has 0 spiro atoms. The van der Waals surface area contributed by atoms with E-state index < -0.39 is 0 Å². The predicted molar refractivity (Wildman–Crippen MR) is 109 cm³/mol. The molecular weight excluding hydrogens is 360 g/mol. The van der Waals surface area contributed by atoms with Crippen molar-refractivity contribution in [3.05, 3.63) is 41.7 Å². The summed E-state index contributed by atoms with van der Waals surface area (Å²) in [4.78, 5) is 28.3. The number of amides is 2. The quantitative estimate of drug-likeness (QED) is 0.637. The lowest BCUT2D eigenvalue weighted by Gasteiger charge is -2.13. The van der Waals surface area contributed by atoms with E-state index in [0.29, 0.717) is 23.4 Å². The second kappa shape index (κ2) is 6.81. The zero-order chi connectivity index (χ0) is 19.1. The van der Waals surface area contributed by atoms with Crippen molar-refractivity contribution >= 4 is 46.1 Å². The highest BCUT2D eigenvalue weighted by molar-refractivity contribution is 7.80. The number of likely N-dealkylation sites (N-methyl/N-ethyl adjacent to an activating group) is 2. The van der Waals surface area contributed by atoms with Crippen LogP contribution < -0.4 is 5.32 Å². The van der Waals surface area contributed by atoms with Crippen molar-refractivity contribution in [1.82, 2.24) is 19.7 Å². The number of rotatable bonds is 5. The fourth-order valence-electron chi connectivity index (χ4n) is 3.41. The standard InChI is InChI=1S/C20H22N4O2S/c1-3-24-19(26)17(22(2)20(24)27)10-13-11-23(12-18(25)21-14-8-9-14)16-7-5-4-6-15(13)16/h4-7,10-11,14H,3,8-9,12H2,1-2H3,(H,21,25)/b17-10-. The lowest BCUT2D eigenvalue weighted by atomic mass is 10.1. The van der Waals surface area contributed by atoms with Gasteiger partial charge in [0.1, 0.15) is 12.2 Å². The van der Waals surface area contributed by atoms with E-state index in [9.17, 15) is 9.59 Å². The van der Waals surface area contributed by atoms with Crippen molar-refractivity contribution in [2.75, 3.05) is 13.6 Å². The molecule has 0 atom stereocenters. The first-order chi connectivity index (χ1) is 13.0. The first kappa shape index (κ1) is 17.7. The second-order valence-electron chi connectivity index (χ2n) is 6.99. The zero-order valence-corrected chi connectivity index (χ0v) is 16.3. The Bertz CT molecular complexity index is 974. The fraction of sp³-hybridized carbons (Fsp3) is 0.350. The van der Waals surface area contributed by atoms with Gasteiger partial charge in [0.05, 0.1) is 0 Å². The minimum atomic E-state index is -0.0895. The molecule has 140 valence electrons. The molecule has 2 amide bonds. The van der Waals surface area contributed by atoms with Gasteiger partial charge >= 0.3 is 0 Å². The fourth-order valence-corrected chi connectivity index (χ4v) is 3.72. The molecule has 27 heavy (non-hydrogen) atoms. The normalized spacial score (nSPS) is 18.8. The number of nitrogens with zero attached hydrogens (tertiary/aromatic N) is 3. The van der Waals surface area contributed by atoms with Crippen molar-refractivity contribution in [2.24, 2.45) is 0 Å². The molecule has 1 aliphatic heterocycles. The predicted octanol–water partition coefficient (Wildman–Crippen LogP) is 2.34. The highest BCUT2D eigenvalue weighted by atomic mass is 32.1. The maximum Gasteiger partial charge on any atom is 0.276 e.